The molecule has 26 heavy (non-hydrogen) atoms. The van der Waals surface area contributed by atoms with E-state index in [4.69, 9.17) is 4.98 Å². The lowest BCUT2D eigenvalue weighted by atomic mass is 10.00. The molecule has 140 valence electrons. The van der Waals surface area contributed by atoms with Crippen LogP contribution in [0.25, 0.3) is 11.2 Å². The lowest BCUT2D eigenvalue weighted by molar-refractivity contribution is 0.295. The Hall–Kier alpha value is -2.14. The van der Waals surface area contributed by atoms with Crippen LogP contribution < -0.4 is 5.32 Å². The Kier molecular flexibility index (Phi) is 6.45. The normalized spacial score (nSPS) is 15.5. The van der Waals surface area contributed by atoms with Gasteiger partial charge in [0.25, 0.3) is 0 Å². The molecule has 1 aliphatic carbocycles. The maximum atomic E-state index is 4.84. The number of anilines is 1. The van der Waals surface area contributed by atoms with Crippen molar-refractivity contribution in [2.75, 3.05) is 25.0 Å². The van der Waals surface area contributed by atoms with Gasteiger partial charge in [-0.1, -0.05) is 32.1 Å². The molecule has 1 unspecified atom stereocenters. The molecule has 0 saturated heterocycles. The number of rotatable bonds is 9. The van der Waals surface area contributed by atoms with Crippen LogP contribution in [-0.4, -0.2) is 45.2 Å². The van der Waals surface area contributed by atoms with Crippen molar-refractivity contribution in [3.63, 3.8) is 0 Å². The van der Waals surface area contributed by atoms with Crippen molar-refractivity contribution < 1.29 is 0 Å². The molecule has 1 N–H and O–H groups in total. The van der Waals surface area contributed by atoms with Crippen molar-refractivity contribution in [1.29, 1.82) is 0 Å². The zero-order valence-corrected chi connectivity index (χ0v) is 16.3. The number of aromatic nitrogens is 3. The van der Waals surface area contributed by atoms with Gasteiger partial charge in [0, 0.05) is 17.8 Å². The molecule has 0 saturated carbocycles. The molecular formula is C21H31N5. The third-order valence-corrected chi connectivity index (χ3v) is 5.13. The highest BCUT2D eigenvalue weighted by molar-refractivity contribution is 5.77. The largest absolute Gasteiger partial charge is 0.368 e. The van der Waals surface area contributed by atoms with E-state index in [1.807, 2.05) is 23.0 Å². The monoisotopic (exact) mass is 353 g/mol. The number of allylic oxidation sites excluding steroid dienone is 4. The number of nitrogens with one attached hydrogen (secondary N) is 1. The Labute approximate surface area is 156 Å². The van der Waals surface area contributed by atoms with Crippen molar-refractivity contribution in [2.45, 2.75) is 52.5 Å². The third kappa shape index (κ3) is 4.52. The second kappa shape index (κ2) is 8.99. The van der Waals surface area contributed by atoms with Gasteiger partial charge in [0.05, 0.1) is 6.20 Å². The van der Waals surface area contributed by atoms with Gasteiger partial charge in [-0.05, 0) is 63.9 Å². The van der Waals surface area contributed by atoms with Gasteiger partial charge in [0.1, 0.15) is 5.82 Å². The highest BCUT2D eigenvalue weighted by Crippen LogP contribution is 2.26. The van der Waals surface area contributed by atoms with E-state index >= 15 is 0 Å². The second-order valence-electron chi connectivity index (χ2n) is 7.01. The maximum Gasteiger partial charge on any atom is 0.164 e. The second-order valence-corrected chi connectivity index (χ2v) is 7.01. The summed E-state index contributed by atoms with van der Waals surface area (Å²) in [6.07, 6.45) is 14.9. The first-order valence-electron chi connectivity index (χ1n) is 9.90. The van der Waals surface area contributed by atoms with Gasteiger partial charge in [-0.15, -0.1) is 0 Å². The van der Waals surface area contributed by atoms with Crippen LogP contribution in [0.4, 0.5) is 5.82 Å². The molecule has 0 fully saturated rings. The SMILES string of the molecule is CCN(CC)CCCC(C)Nc1ccn2ncc(C3=CC=CCC3)c2n1. The summed E-state index contributed by atoms with van der Waals surface area (Å²) in [5.74, 6) is 0.932. The van der Waals surface area contributed by atoms with Crippen LogP contribution in [0.5, 0.6) is 0 Å². The fourth-order valence-corrected chi connectivity index (χ4v) is 3.49. The fraction of sp³-hybridized carbons (Fsp3) is 0.524. The lowest BCUT2D eigenvalue weighted by Crippen LogP contribution is -2.25. The summed E-state index contributed by atoms with van der Waals surface area (Å²) in [7, 11) is 0. The van der Waals surface area contributed by atoms with E-state index in [2.05, 4.69) is 54.3 Å². The first-order chi connectivity index (χ1) is 12.7. The first-order valence-corrected chi connectivity index (χ1v) is 9.90. The van der Waals surface area contributed by atoms with Crippen molar-refractivity contribution in [1.82, 2.24) is 19.5 Å². The summed E-state index contributed by atoms with van der Waals surface area (Å²) < 4.78 is 1.87. The molecular weight excluding hydrogens is 322 g/mol. The molecule has 0 radical (unpaired) electrons. The molecule has 1 atom stereocenters. The summed E-state index contributed by atoms with van der Waals surface area (Å²) in [6.45, 7) is 10.1. The minimum atomic E-state index is 0.406. The minimum Gasteiger partial charge on any atom is -0.368 e. The molecule has 2 aromatic rings. The molecule has 1 aliphatic rings. The highest BCUT2D eigenvalue weighted by atomic mass is 15.2. The van der Waals surface area contributed by atoms with E-state index < -0.39 is 0 Å². The topological polar surface area (TPSA) is 45.5 Å². The van der Waals surface area contributed by atoms with Crippen LogP contribution in [0, 0.1) is 0 Å². The molecule has 3 rings (SSSR count). The average molecular weight is 354 g/mol. The van der Waals surface area contributed by atoms with Gasteiger partial charge in [-0.2, -0.15) is 5.10 Å². The van der Waals surface area contributed by atoms with Crippen LogP contribution in [0.15, 0.2) is 36.7 Å². The standard InChI is InChI=1S/C21H31N5/c1-4-25(5-2)14-9-10-17(3)23-20-13-15-26-21(24-20)19(16-22-26)18-11-7-6-8-12-18/h6-7,11,13,15-17H,4-5,8-10,12,14H2,1-3H3,(H,23,24). The van der Waals surface area contributed by atoms with Crippen LogP contribution in [-0.2, 0) is 0 Å². The van der Waals surface area contributed by atoms with Crippen LogP contribution in [0.1, 0.15) is 52.0 Å². The van der Waals surface area contributed by atoms with Crippen molar-refractivity contribution in [3.8, 4) is 0 Å². The Bertz CT molecular complexity index is 770. The average Bonchev–Trinajstić information content (AvgIpc) is 3.09. The first kappa shape index (κ1) is 18.6. The third-order valence-electron chi connectivity index (χ3n) is 5.13. The molecule has 0 amide bonds. The van der Waals surface area contributed by atoms with Gasteiger partial charge in [-0.3, -0.25) is 0 Å². The van der Waals surface area contributed by atoms with E-state index in [1.165, 1.54) is 18.5 Å². The Morgan fingerprint density at radius 1 is 1.31 bits per heavy atom. The summed E-state index contributed by atoms with van der Waals surface area (Å²) in [4.78, 5) is 7.31. The number of nitrogens with zero attached hydrogens (tertiary/aromatic N) is 4. The number of hydrogen-bond acceptors (Lipinski definition) is 4. The van der Waals surface area contributed by atoms with Crippen molar-refractivity contribution in [3.05, 3.63) is 42.3 Å². The zero-order chi connectivity index (χ0) is 18.4. The number of hydrogen-bond donors (Lipinski definition) is 1. The molecule has 0 aromatic carbocycles. The van der Waals surface area contributed by atoms with Crippen LogP contribution in [0.2, 0.25) is 0 Å². The lowest BCUT2D eigenvalue weighted by Gasteiger charge is -2.20. The molecule has 0 spiro atoms. The minimum absolute atomic E-state index is 0.406. The van der Waals surface area contributed by atoms with Crippen molar-refractivity contribution >= 4 is 17.0 Å². The Balaban J connectivity index is 1.65. The van der Waals surface area contributed by atoms with Gasteiger partial charge >= 0.3 is 0 Å². The quantitative estimate of drug-likeness (QED) is 0.726. The summed E-state index contributed by atoms with van der Waals surface area (Å²) in [6, 6.07) is 2.42. The molecule has 0 bridgehead atoms. The molecule has 5 nitrogen and oxygen atoms in total. The fourth-order valence-electron chi connectivity index (χ4n) is 3.49. The van der Waals surface area contributed by atoms with E-state index in [-0.39, 0.29) is 0 Å². The van der Waals surface area contributed by atoms with E-state index in [0.717, 1.165) is 49.4 Å². The smallest absolute Gasteiger partial charge is 0.164 e. The number of fused-ring (bicyclic) bond motifs is 1. The van der Waals surface area contributed by atoms with E-state index in [9.17, 15) is 0 Å². The summed E-state index contributed by atoms with van der Waals surface area (Å²) in [5.41, 5.74) is 3.40. The molecule has 2 heterocycles. The predicted octanol–water partition coefficient (Wildman–Crippen LogP) is 4.39. The van der Waals surface area contributed by atoms with Crippen LogP contribution >= 0.6 is 0 Å². The Morgan fingerprint density at radius 3 is 2.88 bits per heavy atom. The van der Waals surface area contributed by atoms with E-state index in [0.29, 0.717) is 6.04 Å². The highest BCUT2D eigenvalue weighted by Gasteiger charge is 2.13. The molecule has 5 heteroatoms. The maximum absolute atomic E-state index is 4.84. The molecule has 0 aliphatic heterocycles. The predicted molar refractivity (Wildman–Crippen MR) is 109 cm³/mol. The van der Waals surface area contributed by atoms with Crippen LogP contribution in [0.3, 0.4) is 0 Å². The summed E-state index contributed by atoms with van der Waals surface area (Å²) in [5, 5.41) is 8.02. The summed E-state index contributed by atoms with van der Waals surface area (Å²) >= 11 is 0. The van der Waals surface area contributed by atoms with Gasteiger partial charge < -0.3 is 10.2 Å². The van der Waals surface area contributed by atoms with Crippen molar-refractivity contribution in [2.24, 2.45) is 0 Å². The van der Waals surface area contributed by atoms with E-state index in [1.54, 1.807) is 0 Å². The van der Waals surface area contributed by atoms with Gasteiger partial charge in [0.2, 0.25) is 0 Å². The van der Waals surface area contributed by atoms with Gasteiger partial charge in [-0.25, -0.2) is 9.50 Å². The van der Waals surface area contributed by atoms with Gasteiger partial charge in [0.15, 0.2) is 5.65 Å². The molecule has 2 aromatic heterocycles. The zero-order valence-electron chi connectivity index (χ0n) is 16.3. The Morgan fingerprint density at radius 2 is 2.15 bits per heavy atom.